The molecule has 28 heavy (non-hydrogen) atoms. The lowest BCUT2D eigenvalue weighted by molar-refractivity contribution is -0.114. The average molecular weight is 390 g/mol. The molecule has 2 heterocycles. The highest BCUT2D eigenvalue weighted by molar-refractivity contribution is 7.22. The highest BCUT2D eigenvalue weighted by Gasteiger charge is 2.09. The molecule has 0 spiro atoms. The van der Waals surface area contributed by atoms with Crippen LogP contribution in [0.3, 0.4) is 0 Å². The van der Waals surface area contributed by atoms with Crippen molar-refractivity contribution in [1.82, 2.24) is 15.0 Å². The summed E-state index contributed by atoms with van der Waals surface area (Å²) in [5.41, 5.74) is 3.78. The molecule has 0 aliphatic heterocycles. The Hall–Kier alpha value is -3.32. The zero-order valence-electron chi connectivity index (χ0n) is 15.5. The molecule has 2 aromatic carbocycles. The Morgan fingerprint density at radius 1 is 1.14 bits per heavy atom. The average Bonchev–Trinajstić information content (AvgIpc) is 3.09. The highest BCUT2D eigenvalue weighted by atomic mass is 32.1. The Kier molecular flexibility index (Phi) is 4.99. The van der Waals surface area contributed by atoms with E-state index < -0.39 is 0 Å². The van der Waals surface area contributed by atoms with Gasteiger partial charge in [-0.15, -0.1) is 0 Å². The van der Waals surface area contributed by atoms with Crippen LogP contribution >= 0.6 is 11.3 Å². The number of aromatic nitrogens is 3. The van der Waals surface area contributed by atoms with Crippen molar-refractivity contribution in [3.05, 3.63) is 66.1 Å². The summed E-state index contributed by atoms with van der Waals surface area (Å²) in [6.07, 6.45) is 2.40. The number of carbonyl (C=O) groups excluding carboxylic acids is 1. The second kappa shape index (κ2) is 7.74. The van der Waals surface area contributed by atoms with Crippen LogP contribution in [0.25, 0.3) is 21.5 Å². The van der Waals surface area contributed by atoms with Gasteiger partial charge in [-0.05, 0) is 35.9 Å². The van der Waals surface area contributed by atoms with Crippen LogP contribution in [0.2, 0.25) is 0 Å². The van der Waals surface area contributed by atoms with E-state index in [9.17, 15) is 4.79 Å². The number of methoxy groups -OCH3 is 1. The van der Waals surface area contributed by atoms with Gasteiger partial charge in [0.05, 0.1) is 23.0 Å². The van der Waals surface area contributed by atoms with Gasteiger partial charge in [-0.25, -0.2) is 15.0 Å². The number of thiazole rings is 1. The molecule has 140 valence electrons. The third-order valence-corrected chi connectivity index (χ3v) is 5.10. The third-order valence-electron chi connectivity index (χ3n) is 4.17. The van der Waals surface area contributed by atoms with E-state index in [0.717, 1.165) is 38.6 Å². The summed E-state index contributed by atoms with van der Waals surface area (Å²) in [4.78, 5) is 24.8. The zero-order chi connectivity index (χ0) is 19.5. The molecule has 4 aromatic rings. The third kappa shape index (κ3) is 3.99. The molecule has 0 radical (unpaired) electrons. The van der Waals surface area contributed by atoms with Crippen LogP contribution in [-0.2, 0) is 11.2 Å². The van der Waals surface area contributed by atoms with Crippen molar-refractivity contribution in [3.63, 3.8) is 0 Å². The van der Waals surface area contributed by atoms with Crippen molar-refractivity contribution >= 4 is 32.6 Å². The summed E-state index contributed by atoms with van der Waals surface area (Å²) in [6, 6.07) is 15.8. The summed E-state index contributed by atoms with van der Waals surface area (Å²) < 4.78 is 6.28. The van der Waals surface area contributed by atoms with Crippen molar-refractivity contribution in [1.29, 1.82) is 0 Å². The Labute approximate surface area is 166 Å². The number of amides is 1. The lowest BCUT2D eigenvalue weighted by Gasteiger charge is -2.06. The summed E-state index contributed by atoms with van der Waals surface area (Å²) in [5, 5.41) is 3.33. The number of nitrogens with one attached hydrogen (secondary N) is 1. The maximum absolute atomic E-state index is 11.2. The van der Waals surface area contributed by atoms with E-state index in [4.69, 9.17) is 9.72 Å². The first-order valence-electron chi connectivity index (χ1n) is 8.74. The van der Waals surface area contributed by atoms with Gasteiger partial charge in [-0.2, -0.15) is 0 Å². The van der Waals surface area contributed by atoms with E-state index in [1.165, 1.54) is 18.3 Å². The lowest BCUT2D eigenvalue weighted by Crippen LogP contribution is -2.04. The summed E-state index contributed by atoms with van der Waals surface area (Å²) in [5.74, 6) is 1.44. The number of carbonyl (C=O) groups is 1. The summed E-state index contributed by atoms with van der Waals surface area (Å²) >= 11 is 1.44. The first-order valence-corrected chi connectivity index (χ1v) is 9.56. The second-order valence-electron chi connectivity index (χ2n) is 6.27. The van der Waals surface area contributed by atoms with E-state index in [0.29, 0.717) is 11.6 Å². The van der Waals surface area contributed by atoms with Crippen LogP contribution in [0.15, 0.2) is 54.7 Å². The van der Waals surface area contributed by atoms with Gasteiger partial charge < -0.3 is 10.1 Å². The number of benzene rings is 2. The van der Waals surface area contributed by atoms with Crippen molar-refractivity contribution in [2.24, 2.45) is 0 Å². The smallest absolute Gasteiger partial charge is 0.223 e. The maximum Gasteiger partial charge on any atom is 0.223 e. The summed E-state index contributed by atoms with van der Waals surface area (Å²) in [6.45, 7) is 1.47. The first kappa shape index (κ1) is 18.1. The van der Waals surface area contributed by atoms with E-state index >= 15 is 0 Å². The molecule has 0 atom stereocenters. The zero-order valence-corrected chi connectivity index (χ0v) is 16.3. The van der Waals surface area contributed by atoms with Crippen molar-refractivity contribution < 1.29 is 9.53 Å². The molecule has 2 aromatic heterocycles. The predicted molar refractivity (Wildman–Crippen MR) is 111 cm³/mol. The van der Waals surface area contributed by atoms with Crippen LogP contribution in [-0.4, -0.2) is 28.0 Å². The van der Waals surface area contributed by atoms with Gasteiger partial charge in [0, 0.05) is 25.1 Å². The molecule has 0 unspecified atom stereocenters. The molecular weight excluding hydrogens is 372 g/mol. The lowest BCUT2D eigenvalue weighted by atomic mass is 10.1. The van der Waals surface area contributed by atoms with Gasteiger partial charge in [-0.3, -0.25) is 4.79 Å². The number of rotatable bonds is 5. The molecule has 1 amide bonds. The molecule has 7 heteroatoms. The Morgan fingerprint density at radius 3 is 2.86 bits per heavy atom. The number of hydrogen-bond acceptors (Lipinski definition) is 6. The van der Waals surface area contributed by atoms with Crippen LogP contribution in [0.5, 0.6) is 5.75 Å². The molecule has 0 bridgehead atoms. The van der Waals surface area contributed by atoms with Gasteiger partial charge in [0.15, 0.2) is 5.13 Å². The molecule has 0 saturated carbocycles. The highest BCUT2D eigenvalue weighted by Crippen LogP contribution is 2.30. The van der Waals surface area contributed by atoms with Crippen molar-refractivity contribution in [3.8, 4) is 17.0 Å². The van der Waals surface area contributed by atoms with Gasteiger partial charge in [0.25, 0.3) is 0 Å². The largest absolute Gasteiger partial charge is 0.497 e. The minimum Gasteiger partial charge on any atom is -0.497 e. The molecule has 0 aliphatic carbocycles. The topological polar surface area (TPSA) is 77.0 Å². The van der Waals surface area contributed by atoms with E-state index in [1.807, 2.05) is 48.5 Å². The molecule has 6 nitrogen and oxygen atoms in total. The molecule has 0 fully saturated rings. The van der Waals surface area contributed by atoms with Crippen molar-refractivity contribution in [2.75, 3.05) is 12.4 Å². The van der Waals surface area contributed by atoms with Crippen LogP contribution < -0.4 is 10.1 Å². The van der Waals surface area contributed by atoms with E-state index in [-0.39, 0.29) is 5.91 Å². The second-order valence-corrected chi connectivity index (χ2v) is 7.30. The fourth-order valence-electron chi connectivity index (χ4n) is 2.90. The van der Waals surface area contributed by atoms with E-state index in [2.05, 4.69) is 15.3 Å². The Bertz CT molecular complexity index is 1160. The summed E-state index contributed by atoms with van der Waals surface area (Å²) in [7, 11) is 1.66. The Balaban J connectivity index is 1.62. The van der Waals surface area contributed by atoms with Crippen LogP contribution in [0, 0.1) is 0 Å². The molecule has 0 saturated heterocycles. The van der Waals surface area contributed by atoms with Gasteiger partial charge in [0.2, 0.25) is 5.91 Å². The number of hydrogen-bond donors (Lipinski definition) is 1. The van der Waals surface area contributed by atoms with Crippen LogP contribution in [0.4, 0.5) is 5.13 Å². The molecule has 4 rings (SSSR count). The standard InChI is InChI=1S/C21H18N4O2S/c1-13(26)23-21-25-18-7-6-15(12-19(18)28-21)17-8-9-22-20(24-17)11-14-4-3-5-16(10-14)27-2/h3-10,12H,11H2,1-2H3,(H,23,25,26). The number of anilines is 1. The predicted octanol–water partition coefficient (Wildman–Crippen LogP) is 4.31. The number of fused-ring (bicyclic) bond motifs is 1. The molecule has 0 aliphatic rings. The van der Waals surface area contributed by atoms with Crippen molar-refractivity contribution in [2.45, 2.75) is 13.3 Å². The first-order chi connectivity index (χ1) is 13.6. The minimum absolute atomic E-state index is 0.128. The molecule has 1 N–H and O–H groups in total. The Morgan fingerprint density at radius 2 is 2.04 bits per heavy atom. The normalized spacial score (nSPS) is 10.8. The quantitative estimate of drug-likeness (QED) is 0.549. The molecular formula is C21H18N4O2S. The SMILES string of the molecule is COc1cccc(Cc2nccc(-c3ccc4nc(NC(C)=O)sc4c3)n2)c1. The maximum atomic E-state index is 11.2. The number of ether oxygens (including phenoxy) is 1. The fourth-order valence-corrected chi connectivity index (χ4v) is 3.85. The van der Waals surface area contributed by atoms with E-state index in [1.54, 1.807) is 13.3 Å². The van der Waals surface area contributed by atoms with Gasteiger partial charge in [-0.1, -0.05) is 29.5 Å². The van der Waals surface area contributed by atoms with Gasteiger partial charge >= 0.3 is 0 Å². The monoisotopic (exact) mass is 390 g/mol. The fraction of sp³-hybridized carbons (Fsp3) is 0.143. The number of nitrogens with zero attached hydrogens (tertiary/aromatic N) is 3. The minimum atomic E-state index is -0.128. The van der Waals surface area contributed by atoms with Crippen LogP contribution in [0.1, 0.15) is 18.3 Å². The van der Waals surface area contributed by atoms with Gasteiger partial charge in [0.1, 0.15) is 11.6 Å².